The maximum Gasteiger partial charge on any atom is 0.228 e. The number of H-pyrrole nitrogens is 1. The topological polar surface area (TPSA) is 119 Å². The van der Waals surface area contributed by atoms with Gasteiger partial charge in [0.25, 0.3) is 0 Å². The fourth-order valence-corrected chi connectivity index (χ4v) is 4.14. The summed E-state index contributed by atoms with van der Waals surface area (Å²) in [6.07, 6.45) is 3.03. The molecule has 32 heavy (non-hydrogen) atoms. The third-order valence-corrected chi connectivity index (χ3v) is 5.88. The number of aromatic nitrogens is 4. The number of ether oxygens (including phenoxy) is 1. The molecule has 0 bridgehead atoms. The number of anilines is 2. The molecule has 0 aliphatic carbocycles. The van der Waals surface area contributed by atoms with Crippen LogP contribution in [-0.2, 0) is 9.53 Å². The van der Waals surface area contributed by atoms with E-state index in [-0.39, 0.29) is 23.5 Å². The summed E-state index contributed by atoms with van der Waals surface area (Å²) >= 11 is 6.48. The highest BCUT2D eigenvalue weighted by molar-refractivity contribution is 6.35. The molecule has 3 heterocycles. The van der Waals surface area contributed by atoms with Gasteiger partial charge in [-0.3, -0.25) is 9.89 Å². The SMILES string of the molecule is Nc1nc(-c2ccccc2)c(-c2cc(Cl)c3[nH]ncc3c2)nc1NC(=O)C1CCOCC1. The van der Waals surface area contributed by atoms with Crippen LogP contribution in [-0.4, -0.2) is 39.3 Å². The first-order chi connectivity index (χ1) is 15.6. The predicted molar refractivity (Wildman–Crippen MR) is 124 cm³/mol. The molecule has 8 nitrogen and oxygen atoms in total. The first-order valence-corrected chi connectivity index (χ1v) is 10.7. The van der Waals surface area contributed by atoms with Crippen molar-refractivity contribution in [3.63, 3.8) is 0 Å². The van der Waals surface area contributed by atoms with Crippen LogP contribution >= 0.6 is 11.6 Å². The van der Waals surface area contributed by atoms with Crippen molar-refractivity contribution in [2.75, 3.05) is 24.3 Å². The lowest BCUT2D eigenvalue weighted by Crippen LogP contribution is -2.29. The van der Waals surface area contributed by atoms with E-state index >= 15 is 0 Å². The average molecular weight is 449 g/mol. The molecule has 4 N–H and O–H groups in total. The predicted octanol–water partition coefficient (Wildman–Crippen LogP) is 4.29. The van der Waals surface area contributed by atoms with E-state index in [1.165, 1.54) is 0 Å². The quantitative estimate of drug-likeness (QED) is 0.428. The van der Waals surface area contributed by atoms with Gasteiger partial charge in [-0.15, -0.1) is 0 Å². The van der Waals surface area contributed by atoms with Crippen LogP contribution in [0.3, 0.4) is 0 Å². The van der Waals surface area contributed by atoms with Gasteiger partial charge in [-0.05, 0) is 25.0 Å². The van der Waals surface area contributed by atoms with Crippen LogP contribution in [0, 0.1) is 5.92 Å². The number of hydrogen-bond donors (Lipinski definition) is 3. The standard InChI is InChI=1S/C23H21ClN6O2/c24-17-11-15(10-16-12-26-30-18(16)17)20-19(13-4-2-1-3-5-13)27-21(25)22(28-20)29-23(31)14-6-8-32-9-7-14/h1-5,10-12,14H,6-9H2,(H2,25,27)(H,26,30)(H,28,29,31). The molecule has 1 saturated heterocycles. The van der Waals surface area contributed by atoms with Gasteiger partial charge in [0.05, 0.1) is 28.1 Å². The fourth-order valence-electron chi connectivity index (χ4n) is 3.87. The number of halogens is 1. The van der Waals surface area contributed by atoms with Gasteiger partial charge in [0.1, 0.15) is 0 Å². The normalized spacial score (nSPS) is 14.5. The summed E-state index contributed by atoms with van der Waals surface area (Å²) in [5, 5.41) is 11.2. The lowest BCUT2D eigenvalue weighted by atomic mass is 9.99. The minimum absolute atomic E-state index is 0.129. The number of nitrogen functional groups attached to an aromatic ring is 1. The number of nitrogens with zero attached hydrogens (tertiary/aromatic N) is 3. The van der Waals surface area contributed by atoms with Gasteiger partial charge in [-0.25, -0.2) is 9.97 Å². The van der Waals surface area contributed by atoms with E-state index in [2.05, 4.69) is 20.5 Å². The zero-order valence-corrected chi connectivity index (χ0v) is 17.9. The van der Waals surface area contributed by atoms with Gasteiger partial charge < -0.3 is 15.8 Å². The molecule has 9 heteroatoms. The number of rotatable bonds is 4. The van der Waals surface area contributed by atoms with Crippen LogP contribution in [0.2, 0.25) is 5.02 Å². The highest BCUT2D eigenvalue weighted by Gasteiger charge is 2.24. The number of nitrogens with two attached hydrogens (primary N) is 1. The Bertz CT molecular complexity index is 1280. The molecule has 1 aliphatic rings. The highest BCUT2D eigenvalue weighted by Crippen LogP contribution is 2.36. The van der Waals surface area contributed by atoms with E-state index in [9.17, 15) is 4.79 Å². The molecule has 4 aromatic rings. The minimum atomic E-state index is -0.140. The Labute approximate surface area is 189 Å². The second-order valence-corrected chi connectivity index (χ2v) is 8.10. The Hall–Kier alpha value is -3.49. The summed E-state index contributed by atoms with van der Waals surface area (Å²) in [7, 11) is 0. The molecule has 162 valence electrons. The number of carbonyl (C=O) groups excluding carboxylic acids is 1. The molecule has 1 fully saturated rings. The summed E-state index contributed by atoms with van der Waals surface area (Å²) in [5.74, 6) is 0.123. The number of amides is 1. The number of carbonyl (C=O) groups is 1. The van der Waals surface area contributed by atoms with Crippen LogP contribution in [0.15, 0.2) is 48.7 Å². The number of nitrogens with one attached hydrogen (secondary N) is 2. The molecule has 0 atom stereocenters. The summed E-state index contributed by atoms with van der Waals surface area (Å²) in [6, 6.07) is 13.4. The zero-order valence-electron chi connectivity index (χ0n) is 17.1. The third kappa shape index (κ3) is 3.90. The van der Waals surface area contributed by atoms with Gasteiger partial charge in [-0.1, -0.05) is 41.9 Å². The van der Waals surface area contributed by atoms with Crippen molar-refractivity contribution in [3.05, 3.63) is 53.7 Å². The second-order valence-electron chi connectivity index (χ2n) is 7.69. The van der Waals surface area contributed by atoms with E-state index in [0.29, 0.717) is 42.5 Å². The van der Waals surface area contributed by atoms with Crippen molar-refractivity contribution in [1.82, 2.24) is 20.2 Å². The maximum absolute atomic E-state index is 12.8. The second kappa shape index (κ2) is 8.57. The van der Waals surface area contributed by atoms with Crippen molar-refractivity contribution in [3.8, 4) is 22.5 Å². The van der Waals surface area contributed by atoms with Crippen molar-refractivity contribution in [1.29, 1.82) is 0 Å². The highest BCUT2D eigenvalue weighted by atomic mass is 35.5. The summed E-state index contributed by atoms with van der Waals surface area (Å²) in [4.78, 5) is 22.2. The van der Waals surface area contributed by atoms with E-state index in [4.69, 9.17) is 27.1 Å². The molecule has 2 aromatic heterocycles. The molecule has 5 rings (SSSR count). The summed E-state index contributed by atoms with van der Waals surface area (Å²) in [5.41, 5.74) is 9.75. The molecule has 1 aliphatic heterocycles. The smallest absolute Gasteiger partial charge is 0.228 e. The number of fused-ring (bicyclic) bond motifs is 1. The van der Waals surface area contributed by atoms with E-state index in [1.54, 1.807) is 12.3 Å². The average Bonchev–Trinajstić information content (AvgIpc) is 3.31. The molecule has 0 saturated carbocycles. The molecule has 0 unspecified atom stereocenters. The van der Waals surface area contributed by atoms with Crippen molar-refractivity contribution in [2.24, 2.45) is 5.92 Å². The Kier molecular flexibility index (Phi) is 5.46. The van der Waals surface area contributed by atoms with Crippen molar-refractivity contribution in [2.45, 2.75) is 12.8 Å². The van der Waals surface area contributed by atoms with E-state index in [1.807, 2.05) is 36.4 Å². The Morgan fingerprint density at radius 3 is 2.62 bits per heavy atom. The van der Waals surface area contributed by atoms with Crippen LogP contribution < -0.4 is 11.1 Å². The lowest BCUT2D eigenvalue weighted by Gasteiger charge is -2.21. The van der Waals surface area contributed by atoms with Crippen LogP contribution in [0.5, 0.6) is 0 Å². The van der Waals surface area contributed by atoms with Gasteiger partial charge in [0, 0.05) is 35.6 Å². The van der Waals surface area contributed by atoms with Crippen molar-refractivity contribution >= 4 is 40.0 Å². The van der Waals surface area contributed by atoms with Crippen LogP contribution in [0.25, 0.3) is 33.4 Å². The minimum Gasteiger partial charge on any atom is -0.381 e. The number of benzene rings is 2. The van der Waals surface area contributed by atoms with Crippen LogP contribution in [0.1, 0.15) is 12.8 Å². The largest absolute Gasteiger partial charge is 0.381 e. The fraction of sp³-hybridized carbons (Fsp3) is 0.217. The maximum atomic E-state index is 12.8. The third-order valence-electron chi connectivity index (χ3n) is 5.58. The number of hydrogen-bond acceptors (Lipinski definition) is 6. The molecule has 2 aromatic carbocycles. The lowest BCUT2D eigenvalue weighted by molar-refractivity contribution is -0.122. The zero-order chi connectivity index (χ0) is 22.1. The monoisotopic (exact) mass is 448 g/mol. The molecule has 1 amide bonds. The Morgan fingerprint density at radius 2 is 1.84 bits per heavy atom. The van der Waals surface area contributed by atoms with Gasteiger partial charge in [0.2, 0.25) is 5.91 Å². The molecular formula is C23H21ClN6O2. The van der Waals surface area contributed by atoms with Crippen molar-refractivity contribution < 1.29 is 9.53 Å². The summed E-state index contributed by atoms with van der Waals surface area (Å²) < 4.78 is 5.35. The molecular weight excluding hydrogens is 428 g/mol. The first kappa shape index (κ1) is 20.4. The van der Waals surface area contributed by atoms with E-state index in [0.717, 1.165) is 22.0 Å². The summed E-state index contributed by atoms with van der Waals surface area (Å²) in [6.45, 7) is 1.14. The van der Waals surface area contributed by atoms with Gasteiger partial charge in [0.15, 0.2) is 11.6 Å². The molecule has 0 spiro atoms. The Morgan fingerprint density at radius 1 is 1.09 bits per heavy atom. The van der Waals surface area contributed by atoms with Gasteiger partial charge >= 0.3 is 0 Å². The van der Waals surface area contributed by atoms with E-state index < -0.39 is 0 Å². The Balaban J connectivity index is 1.61. The van der Waals surface area contributed by atoms with Crippen LogP contribution in [0.4, 0.5) is 11.6 Å². The molecule has 0 radical (unpaired) electrons. The first-order valence-electron chi connectivity index (χ1n) is 10.3. The number of aromatic amines is 1. The van der Waals surface area contributed by atoms with Gasteiger partial charge in [-0.2, -0.15) is 5.10 Å².